The second kappa shape index (κ2) is 10.1. The van der Waals surface area contributed by atoms with Gasteiger partial charge in [-0.1, -0.05) is 35.1 Å². The third-order valence-corrected chi connectivity index (χ3v) is 5.27. The first kappa shape index (κ1) is 22.4. The molecular weight excluding hydrogens is 417 g/mol. The molecule has 5 nitrogen and oxygen atoms in total. The van der Waals surface area contributed by atoms with E-state index in [1.54, 1.807) is 11.0 Å². The van der Waals surface area contributed by atoms with E-state index in [-0.39, 0.29) is 24.9 Å². The zero-order valence-corrected chi connectivity index (χ0v) is 18.4. The topological polar surface area (TPSA) is 45.7 Å². The van der Waals surface area contributed by atoms with Gasteiger partial charge in [0, 0.05) is 18.1 Å². The summed E-state index contributed by atoms with van der Waals surface area (Å²) in [5.74, 6) is 0.565. The van der Waals surface area contributed by atoms with E-state index in [9.17, 15) is 4.79 Å². The van der Waals surface area contributed by atoms with Crippen LogP contribution in [0.3, 0.4) is 0 Å². The predicted octanol–water partition coefficient (Wildman–Crippen LogP) is 4.65. The number of likely N-dealkylation sites (N-methyl/N-ethyl adjacent to an activating group) is 1. The predicted molar refractivity (Wildman–Crippen MR) is 119 cm³/mol. The zero-order chi connectivity index (χ0) is 19.4. The minimum Gasteiger partial charge on any atom is -0.484 e. The summed E-state index contributed by atoms with van der Waals surface area (Å²) in [5, 5.41) is 1.32. The third-order valence-electron chi connectivity index (χ3n) is 3.99. The molecule has 0 atom stereocenters. The van der Waals surface area contributed by atoms with Gasteiger partial charge in [0.2, 0.25) is 0 Å². The quantitative estimate of drug-likeness (QED) is 0.537. The molecule has 2 aromatic carbocycles. The van der Waals surface area contributed by atoms with Crippen molar-refractivity contribution in [3.8, 4) is 5.75 Å². The summed E-state index contributed by atoms with van der Waals surface area (Å²) in [6, 6.07) is 13.2. The molecule has 1 heterocycles. The smallest absolute Gasteiger partial charge is 0.266 e. The molecule has 0 aliphatic heterocycles. The van der Waals surface area contributed by atoms with Gasteiger partial charge >= 0.3 is 0 Å². The monoisotopic (exact) mass is 439 g/mol. The average molecular weight is 440 g/mol. The van der Waals surface area contributed by atoms with Crippen LogP contribution in [-0.2, 0) is 4.79 Å². The van der Waals surface area contributed by atoms with Crippen LogP contribution in [0, 0.1) is 6.92 Å². The number of ether oxygens (including phenoxy) is 1. The molecule has 0 saturated heterocycles. The van der Waals surface area contributed by atoms with E-state index < -0.39 is 0 Å². The van der Waals surface area contributed by atoms with Crippen molar-refractivity contribution in [2.45, 2.75) is 6.92 Å². The molecule has 1 amide bonds. The minimum absolute atomic E-state index is 0. The standard InChI is InChI=1S/C20H22ClN3O2S.ClH/c1-14-5-4-6-16(11-14)26-13-19(25)24(10-9-23(2)3)20-22-17-8-7-15(21)12-18(17)27-20;/h4-8,11-12H,9-10,13H2,1-3H3;1H. The number of benzene rings is 2. The Morgan fingerprint density at radius 2 is 1.96 bits per heavy atom. The van der Waals surface area contributed by atoms with Gasteiger partial charge in [0.05, 0.1) is 10.2 Å². The van der Waals surface area contributed by atoms with E-state index in [0.717, 1.165) is 22.3 Å². The number of anilines is 1. The molecular formula is C20H23Cl2N3O2S. The number of aryl methyl sites for hydroxylation is 1. The molecule has 0 aliphatic rings. The number of hydrogen-bond donors (Lipinski definition) is 0. The fourth-order valence-corrected chi connectivity index (χ4v) is 3.84. The first-order valence-corrected chi connectivity index (χ1v) is 9.82. The van der Waals surface area contributed by atoms with Gasteiger partial charge in [0.1, 0.15) is 5.75 Å². The summed E-state index contributed by atoms with van der Waals surface area (Å²) in [5.41, 5.74) is 1.93. The number of hydrogen-bond acceptors (Lipinski definition) is 5. The Morgan fingerprint density at radius 3 is 2.68 bits per heavy atom. The van der Waals surface area contributed by atoms with E-state index >= 15 is 0 Å². The van der Waals surface area contributed by atoms with Gasteiger partial charge in [-0.25, -0.2) is 4.98 Å². The summed E-state index contributed by atoms with van der Waals surface area (Å²) in [6.45, 7) is 3.22. The second-order valence-electron chi connectivity index (χ2n) is 6.56. The molecule has 0 fully saturated rings. The van der Waals surface area contributed by atoms with E-state index in [0.29, 0.717) is 22.4 Å². The molecule has 0 radical (unpaired) electrons. The molecule has 0 unspecified atom stereocenters. The summed E-state index contributed by atoms with van der Waals surface area (Å²) in [4.78, 5) is 21.2. The first-order valence-electron chi connectivity index (χ1n) is 8.63. The maximum atomic E-state index is 12.9. The molecule has 3 aromatic rings. The van der Waals surface area contributed by atoms with Crippen LogP contribution in [0.2, 0.25) is 5.02 Å². The van der Waals surface area contributed by atoms with E-state index in [2.05, 4.69) is 4.98 Å². The lowest BCUT2D eigenvalue weighted by atomic mass is 10.2. The summed E-state index contributed by atoms with van der Waals surface area (Å²) in [6.07, 6.45) is 0. The van der Waals surface area contributed by atoms with Crippen LogP contribution in [0.1, 0.15) is 5.56 Å². The number of amides is 1. The number of thiazole rings is 1. The van der Waals surface area contributed by atoms with E-state index in [1.807, 2.05) is 62.3 Å². The van der Waals surface area contributed by atoms with Gasteiger partial charge in [-0.2, -0.15) is 0 Å². The lowest BCUT2D eigenvalue weighted by Crippen LogP contribution is -2.39. The van der Waals surface area contributed by atoms with E-state index in [4.69, 9.17) is 16.3 Å². The Labute approximate surface area is 180 Å². The van der Waals surface area contributed by atoms with Gasteiger partial charge < -0.3 is 9.64 Å². The number of rotatable bonds is 7. The molecule has 3 rings (SSSR count). The Bertz CT molecular complexity index is 946. The molecule has 0 saturated carbocycles. The highest BCUT2D eigenvalue weighted by molar-refractivity contribution is 7.22. The van der Waals surface area contributed by atoms with Gasteiger partial charge in [-0.05, 0) is 56.9 Å². The number of carbonyl (C=O) groups is 1. The maximum Gasteiger partial charge on any atom is 0.266 e. The van der Waals surface area contributed by atoms with Crippen molar-refractivity contribution in [3.05, 3.63) is 53.1 Å². The van der Waals surface area contributed by atoms with Crippen LogP contribution in [-0.4, -0.2) is 49.6 Å². The number of halogens is 2. The van der Waals surface area contributed by atoms with Crippen molar-refractivity contribution in [2.24, 2.45) is 0 Å². The Morgan fingerprint density at radius 1 is 1.18 bits per heavy atom. The van der Waals surface area contributed by atoms with Crippen molar-refractivity contribution in [1.82, 2.24) is 9.88 Å². The molecule has 0 spiro atoms. The fraction of sp³-hybridized carbons (Fsp3) is 0.300. The number of fused-ring (bicyclic) bond motifs is 1. The zero-order valence-electron chi connectivity index (χ0n) is 16.0. The van der Waals surface area contributed by atoms with Crippen LogP contribution in [0.15, 0.2) is 42.5 Å². The normalized spacial score (nSPS) is 10.8. The summed E-state index contributed by atoms with van der Waals surface area (Å²) in [7, 11) is 3.95. The maximum absolute atomic E-state index is 12.9. The van der Waals surface area contributed by atoms with Gasteiger partial charge in [-0.3, -0.25) is 9.69 Å². The molecule has 150 valence electrons. The molecule has 28 heavy (non-hydrogen) atoms. The average Bonchev–Trinajstić information content (AvgIpc) is 3.02. The van der Waals surface area contributed by atoms with Gasteiger partial charge in [-0.15, -0.1) is 12.4 Å². The second-order valence-corrected chi connectivity index (χ2v) is 8.01. The van der Waals surface area contributed by atoms with Crippen LogP contribution in [0.4, 0.5) is 5.13 Å². The third kappa shape index (κ3) is 5.82. The van der Waals surface area contributed by atoms with Crippen LogP contribution in [0.25, 0.3) is 10.2 Å². The number of nitrogens with zero attached hydrogens (tertiary/aromatic N) is 3. The molecule has 0 aliphatic carbocycles. The van der Waals surface area contributed by atoms with Crippen molar-refractivity contribution in [1.29, 1.82) is 0 Å². The van der Waals surface area contributed by atoms with Crippen molar-refractivity contribution in [3.63, 3.8) is 0 Å². The van der Waals surface area contributed by atoms with Crippen molar-refractivity contribution in [2.75, 3.05) is 38.7 Å². The van der Waals surface area contributed by atoms with Crippen molar-refractivity contribution >= 4 is 56.6 Å². The lowest BCUT2D eigenvalue weighted by Gasteiger charge is -2.22. The van der Waals surface area contributed by atoms with Crippen LogP contribution < -0.4 is 9.64 Å². The van der Waals surface area contributed by atoms with Crippen LogP contribution in [0.5, 0.6) is 5.75 Å². The van der Waals surface area contributed by atoms with E-state index in [1.165, 1.54) is 11.3 Å². The Balaban J connectivity index is 0.00000280. The highest BCUT2D eigenvalue weighted by Crippen LogP contribution is 2.31. The SMILES string of the molecule is Cc1cccc(OCC(=O)N(CCN(C)C)c2nc3ccc(Cl)cc3s2)c1.Cl. The molecule has 0 N–H and O–H groups in total. The highest BCUT2D eigenvalue weighted by Gasteiger charge is 2.20. The van der Waals surface area contributed by atoms with Gasteiger partial charge in [0.25, 0.3) is 5.91 Å². The van der Waals surface area contributed by atoms with Crippen molar-refractivity contribution < 1.29 is 9.53 Å². The first-order chi connectivity index (χ1) is 12.9. The van der Waals surface area contributed by atoms with Gasteiger partial charge in [0.15, 0.2) is 11.7 Å². The minimum atomic E-state index is -0.122. The largest absolute Gasteiger partial charge is 0.484 e. The fourth-order valence-electron chi connectivity index (χ4n) is 2.56. The number of carbonyl (C=O) groups excluding carboxylic acids is 1. The molecule has 8 heteroatoms. The Kier molecular flexibility index (Phi) is 8.07. The molecule has 0 bridgehead atoms. The highest BCUT2D eigenvalue weighted by atomic mass is 35.5. The Hall–Kier alpha value is -1.86. The lowest BCUT2D eigenvalue weighted by molar-refractivity contribution is -0.120. The molecule has 1 aromatic heterocycles. The summed E-state index contributed by atoms with van der Waals surface area (Å²) >= 11 is 7.53. The summed E-state index contributed by atoms with van der Waals surface area (Å²) < 4.78 is 6.66. The number of aromatic nitrogens is 1. The van der Waals surface area contributed by atoms with Crippen LogP contribution >= 0.6 is 35.3 Å².